The Kier molecular flexibility index (Phi) is 5.02. The summed E-state index contributed by atoms with van der Waals surface area (Å²) in [5, 5.41) is 0. The Morgan fingerprint density at radius 2 is 1.85 bits per heavy atom. The van der Waals surface area contributed by atoms with Gasteiger partial charge in [-0.2, -0.15) is 0 Å². The summed E-state index contributed by atoms with van der Waals surface area (Å²) in [4.78, 5) is 24.2. The molecule has 1 aromatic carbocycles. The fourth-order valence-corrected chi connectivity index (χ4v) is 3.21. The normalized spacial score (nSPS) is 13.4. The smallest absolute Gasteiger partial charge is 0.337 e. The molecule has 0 saturated heterocycles. The van der Waals surface area contributed by atoms with Crippen LogP contribution in [0.2, 0.25) is 0 Å². The average Bonchev–Trinajstić information content (AvgIpc) is 3.43. The molecule has 1 aliphatic carbocycles. The number of hydrogen-bond acceptors (Lipinski definition) is 5. The van der Waals surface area contributed by atoms with E-state index in [1.54, 1.807) is 12.1 Å². The molecule has 0 bridgehead atoms. The van der Waals surface area contributed by atoms with Crippen molar-refractivity contribution in [2.75, 3.05) is 20.8 Å². The lowest BCUT2D eigenvalue weighted by molar-refractivity contribution is 0.0600. The number of ketones is 1. The number of aromatic nitrogens is 1. The molecule has 6 heteroatoms. The van der Waals surface area contributed by atoms with Gasteiger partial charge < -0.3 is 18.8 Å². The third kappa shape index (κ3) is 3.45. The van der Waals surface area contributed by atoms with Gasteiger partial charge >= 0.3 is 5.97 Å². The van der Waals surface area contributed by atoms with Crippen LogP contribution >= 0.6 is 0 Å². The van der Waals surface area contributed by atoms with Crippen LogP contribution in [0.4, 0.5) is 0 Å². The summed E-state index contributed by atoms with van der Waals surface area (Å²) in [6, 6.07) is 7.17. The zero-order valence-corrected chi connectivity index (χ0v) is 15.5. The van der Waals surface area contributed by atoms with Gasteiger partial charge in [-0.3, -0.25) is 4.79 Å². The van der Waals surface area contributed by atoms with Gasteiger partial charge in [-0.1, -0.05) is 0 Å². The second kappa shape index (κ2) is 7.23. The van der Waals surface area contributed by atoms with Crippen LogP contribution in [-0.2, 0) is 4.74 Å². The number of carbonyl (C=O) groups is 2. The molecule has 1 aromatic heterocycles. The van der Waals surface area contributed by atoms with Crippen molar-refractivity contribution >= 4 is 11.8 Å². The number of aryl methyl sites for hydroxylation is 1. The molecule has 0 radical (unpaired) electrons. The summed E-state index contributed by atoms with van der Waals surface area (Å²) in [7, 11) is 2.80. The lowest BCUT2D eigenvalue weighted by Gasteiger charge is -2.11. The molecular formula is C20H23NO5. The Morgan fingerprint density at radius 1 is 1.12 bits per heavy atom. The first-order valence-electron chi connectivity index (χ1n) is 8.57. The van der Waals surface area contributed by atoms with E-state index in [0.717, 1.165) is 11.4 Å². The van der Waals surface area contributed by atoms with Gasteiger partial charge in [0.1, 0.15) is 0 Å². The van der Waals surface area contributed by atoms with E-state index in [9.17, 15) is 9.59 Å². The third-order valence-corrected chi connectivity index (χ3v) is 4.64. The van der Waals surface area contributed by atoms with E-state index >= 15 is 0 Å². The minimum atomic E-state index is -0.460. The number of esters is 1. The highest BCUT2D eigenvalue weighted by atomic mass is 16.5. The van der Waals surface area contributed by atoms with Crippen LogP contribution in [0.25, 0.3) is 0 Å². The molecule has 3 rings (SSSR count). The maximum absolute atomic E-state index is 12.6. The quantitative estimate of drug-likeness (QED) is 0.560. The van der Waals surface area contributed by atoms with E-state index in [4.69, 9.17) is 14.2 Å². The topological polar surface area (TPSA) is 66.8 Å². The van der Waals surface area contributed by atoms with Gasteiger partial charge in [0.2, 0.25) is 5.78 Å². The molecule has 0 amide bonds. The minimum Gasteiger partial charge on any atom is -0.493 e. The molecule has 1 aliphatic rings. The van der Waals surface area contributed by atoms with E-state index in [-0.39, 0.29) is 12.4 Å². The van der Waals surface area contributed by atoms with Crippen LogP contribution in [-0.4, -0.2) is 37.1 Å². The first-order chi connectivity index (χ1) is 12.5. The first-order valence-corrected chi connectivity index (χ1v) is 8.57. The Hall–Kier alpha value is -2.76. The van der Waals surface area contributed by atoms with Gasteiger partial charge in [0.05, 0.1) is 19.8 Å². The molecule has 0 unspecified atom stereocenters. The molecule has 6 nitrogen and oxygen atoms in total. The maximum Gasteiger partial charge on any atom is 0.337 e. The zero-order valence-electron chi connectivity index (χ0n) is 15.5. The Bertz CT molecular complexity index is 848. The fraction of sp³-hybridized carbons (Fsp3) is 0.400. The molecule has 0 aliphatic heterocycles. The number of nitrogens with zero attached hydrogens (tertiary/aromatic N) is 1. The number of hydrogen-bond donors (Lipinski definition) is 0. The Morgan fingerprint density at radius 3 is 2.46 bits per heavy atom. The number of carbonyl (C=O) groups excluding carboxylic acids is 2. The molecule has 26 heavy (non-hydrogen) atoms. The van der Waals surface area contributed by atoms with E-state index < -0.39 is 5.97 Å². The van der Waals surface area contributed by atoms with Gasteiger partial charge in [-0.25, -0.2) is 4.79 Å². The van der Waals surface area contributed by atoms with Gasteiger partial charge in [-0.05, 0) is 51.0 Å². The number of methoxy groups -OCH3 is 2. The lowest BCUT2D eigenvalue weighted by Crippen LogP contribution is -2.13. The summed E-state index contributed by atoms with van der Waals surface area (Å²) in [5.74, 6) is 0.246. The van der Waals surface area contributed by atoms with E-state index in [2.05, 4.69) is 4.57 Å². The summed E-state index contributed by atoms with van der Waals surface area (Å²) in [5.41, 5.74) is 3.15. The third-order valence-electron chi connectivity index (χ3n) is 4.64. The summed E-state index contributed by atoms with van der Waals surface area (Å²) < 4.78 is 17.8. The van der Waals surface area contributed by atoms with Gasteiger partial charge in [0.15, 0.2) is 18.1 Å². The van der Waals surface area contributed by atoms with Gasteiger partial charge in [-0.15, -0.1) is 0 Å². The minimum absolute atomic E-state index is 0.0795. The van der Waals surface area contributed by atoms with Gasteiger partial charge in [0.25, 0.3) is 0 Å². The van der Waals surface area contributed by atoms with Crippen LogP contribution < -0.4 is 9.47 Å². The SMILES string of the molecule is COC(=O)c1ccc(OCC(=O)c2cc(C)n(C3CC3)c2C)c(OC)c1. The second-order valence-corrected chi connectivity index (χ2v) is 6.46. The summed E-state index contributed by atoms with van der Waals surface area (Å²) in [6.07, 6.45) is 2.34. The molecule has 0 atom stereocenters. The van der Waals surface area contributed by atoms with Crippen molar-refractivity contribution in [1.29, 1.82) is 0 Å². The maximum atomic E-state index is 12.6. The van der Waals surface area contributed by atoms with Crippen molar-refractivity contribution in [3.05, 3.63) is 46.8 Å². The van der Waals surface area contributed by atoms with E-state index in [1.807, 2.05) is 19.9 Å². The van der Waals surface area contributed by atoms with Crippen LogP contribution in [0.3, 0.4) is 0 Å². The van der Waals surface area contributed by atoms with Crippen LogP contribution in [0.1, 0.15) is 51.0 Å². The van der Waals surface area contributed by atoms with Gasteiger partial charge in [0, 0.05) is 23.0 Å². The monoisotopic (exact) mass is 357 g/mol. The van der Waals surface area contributed by atoms with Crippen LogP contribution in [0.15, 0.2) is 24.3 Å². The number of rotatable bonds is 7. The first kappa shape index (κ1) is 18.0. The fourth-order valence-electron chi connectivity index (χ4n) is 3.21. The van der Waals surface area contributed by atoms with Crippen LogP contribution in [0, 0.1) is 13.8 Å². The number of ether oxygens (including phenoxy) is 3. The van der Waals surface area contributed by atoms with E-state index in [1.165, 1.54) is 33.1 Å². The highest BCUT2D eigenvalue weighted by Gasteiger charge is 2.28. The highest BCUT2D eigenvalue weighted by Crippen LogP contribution is 2.38. The van der Waals surface area contributed by atoms with Crippen molar-refractivity contribution in [1.82, 2.24) is 4.57 Å². The van der Waals surface area contributed by atoms with Crippen LogP contribution in [0.5, 0.6) is 11.5 Å². The molecule has 2 aromatic rings. The van der Waals surface area contributed by atoms with Crippen molar-refractivity contribution in [3.63, 3.8) is 0 Å². The summed E-state index contributed by atoms with van der Waals surface area (Å²) in [6.45, 7) is 3.91. The summed E-state index contributed by atoms with van der Waals surface area (Å²) >= 11 is 0. The number of benzene rings is 1. The number of Topliss-reactive ketones (excluding diaryl/α,β-unsaturated/α-hetero) is 1. The lowest BCUT2D eigenvalue weighted by atomic mass is 10.1. The predicted molar refractivity (Wildman–Crippen MR) is 96.3 cm³/mol. The van der Waals surface area contributed by atoms with E-state index in [0.29, 0.717) is 28.7 Å². The van der Waals surface area contributed by atoms with Crippen molar-refractivity contribution < 1.29 is 23.8 Å². The highest BCUT2D eigenvalue weighted by molar-refractivity contribution is 5.98. The van der Waals surface area contributed by atoms with Crippen molar-refractivity contribution in [3.8, 4) is 11.5 Å². The standard InChI is InChI=1S/C20H23NO5/c1-12-9-16(13(2)21(12)15-6-7-15)17(22)11-26-18-8-5-14(20(23)25-4)10-19(18)24-3/h5,8-10,15H,6-7,11H2,1-4H3. The predicted octanol–water partition coefficient (Wildman–Crippen LogP) is 3.50. The molecule has 138 valence electrons. The van der Waals surface area contributed by atoms with Crippen molar-refractivity contribution in [2.24, 2.45) is 0 Å². The Balaban J connectivity index is 1.73. The molecule has 1 saturated carbocycles. The molecule has 1 heterocycles. The molecule has 1 fully saturated rings. The second-order valence-electron chi connectivity index (χ2n) is 6.46. The average molecular weight is 357 g/mol. The zero-order chi connectivity index (χ0) is 18.8. The Labute approximate surface area is 152 Å². The molecule has 0 spiro atoms. The molecular weight excluding hydrogens is 334 g/mol. The molecule has 0 N–H and O–H groups in total. The van der Waals surface area contributed by atoms with Crippen molar-refractivity contribution in [2.45, 2.75) is 32.7 Å². The largest absolute Gasteiger partial charge is 0.493 e.